The van der Waals surface area contributed by atoms with Crippen molar-refractivity contribution < 1.29 is 19.0 Å². The van der Waals surface area contributed by atoms with Crippen molar-refractivity contribution in [2.75, 3.05) is 52.8 Å². The summed E-state index contributed by atoms with van der Waals surface area (Å²) >= 11 is 0. The third kappa shape index (κ3) is 8.75. The van der Waals surface area contributed by atoms with Crippen molar-refractivity contribution >= 4 is 11.7 Å². The van der Waals surface area contributed by atoms with E-state index in [2.05, 4.69) is 56.6 Å². The summed E-state index contributed by atoms with van der Waals surface area (Å²) in [4.78, 5) is 21.2. The number of carbonyl (C=O) groups excluding carboxylic acids is 1. The Morgan fingerprint density at radius 2 is 1.88 bits per heavy atom. The van der Waals surface area contributed by atoms with E-state index in [4.69, 9.17) is 19.9 Å². The lowest BCUT2D eigenvalue weighted by Gasteiger charge is -2.37. The number of nitrogens with zero attached hydrogens (tertiary/aromatic N) is 3. The average molecular weight is 591 g/mol. The zero-order valence-corrected chi connectivity index (χ0v) is 26.0. The van der Waals surface area contributed by atoms with Crippen LogP contribution in [0.4, 0.5) is 10.5 Å². The van der Waals surface area contributed by atoms with E-state index in [1.165, 1.54) is 0 Å². The number of anilines is 1. The van der Waals surface area contributed by atoms with Crippen LogP contribution in [0.15, 0.2) is 66.9 Å². The second-order valence-corrected chi connectivity index (χ2v) is 11.1. The van der Waals surface area contributed by atoms with Crippen molar-refractivity contribution in [2.45, 2.75) is 45.3 Å². The highest BCUT2D eigenvalue weighted by Gasteiger charge is 2.30. The fourth-order valence-electron chi connectivity index (χ4n) is 5.41. The van der Waals surface area contributed by atoms with Gasteiger partial charge in [-0.05, 0) is 55.3 Å². The van der Waals surface area contributed by atoms with Crippen LogP contribution in [-0.2, 0) is 16.0 Å². The molecule has 0 bridgehead atoms. The molecule has 0 saturated heterocycles. The first-order valence-electron chi connectivity index (χ1n) is 14.9. The van der Waals surface area contributed by atoms with E-state index < -0.39 is 6.23 Å². The van der Waals surface area contributed by atoms with Gasteiger partial charge in [0.25, 0.3) is 0 Å². The van der Waals surface area contributed by atoms with Gasteiger partial charge in [-0.1, -0.05) is 44.2 Å². The summed E-state index contributed by atoms with van der Waals surface area (Å²) < 4.78 is 18.3. The maximum absolute atomic E-state index is 12.4. The summed E-state index contributed by atoms with van der Waals surface area (Å²) in [7, 11) is 5.42. The molecule has 1 aliphatic heterocycles. The van der Waals surface area contributed by atoms with Crippen LogP contribution in [0, 0.1) is 5.92 Å². The van der Waals surface area contributed by atoms with Crippen LogP contribution in [0.2, 0.25) is 0 Å². The van der Waals surface area contributed by atoms with E-state index >= 15 is 0 Å². The number of hydrogen-bond acceptors (Lipinski definition) is 8. The molecule has 0 saturated carbocycles. The molecule has 0 fully saturated rings. The molecular formula is C33H46N6O4. The predicted molar refractivity (Wildman–Crippen MR) is 170 cm³/mol. The van der Waals surface area contributed by atoms with Gasteiger partial charge in [-0.3, -0.25) is 14.8 Å². The Hall–Kier alpha value is -3.54. The molecular weight excluding hydrogens is 544 g/mol. The minimum absolute atomic E-state index is 0.0752. The standard InChI is InChI=1S/C33H46N6O4/c1-6-16-36-33(40)37-26-14-15-29-27(18-26)32(42-5)38(3)21-30(41-4)23(2)19-39(31(34)22-43-29)20-24-10-12-25(13-11-24)28-9-7-8-17-35-28/h7-15,17-18,23,30-32H,6,16,19-22,34H2,1-5H3,(H2,36,37,40)/t23-,30-,31+,32?/m0/s1. The van der Waals surface area contributed by atoms with Gasteiger partial charge in [-0.2, -0.15) is 0 Å². The van der Waals surface area contributed by atoms with Crippen molar-refractivity contribution in [3.63, 3.8) is 0 Å². The molecule has 3 aromatic rings. The highest BCUT2D eigenvalue weighted by Crippen LogP contribution is 2.33. The van der Waals surface area contributed by atoms with Gasteiger partial charge in [0, 0.05) is 63.4 Å². The summed E-state index contributed by atoms with van der Waals surface area (Å²) in [6, 6.07) is 19.7. The van der Waals surface area contributed by atoms with Crippen molar-refractivity contribution in [1.29, 1.82) is 0 Å². The maximum Gasteiger partial charge on any atom is 0.319 e. The molecule has 0 spiro atoms. The fourth-order valence-corrected chi connectivity index (χ4v) is 5.41. The number of hydrogen-bond donors (Lipinski definition) is 3. The van der Waals surface area contributed by atoms with Crippen LogP contribution in [0.3, 0.4) is 0 Å². The second kappa shape index (κ2) is 15.8. The largest absolute Gasteiger partial charge is 0.490 e. The molecule has 43 heavy (non-hydrogen) atoms. The number of amides is 2. The molecule has 1 aliphatic rings. The number of nitrogens with one attached hydrogen (secondary N) is 2. The van der Waals surface area contributed by atoms with Gasteiger partial charge in [0.05, 0.1) is 18.0 Å². The molecule has 2 heterocycles. The van der Waals surface area contributed by atoms with Gasteiger partial charge in [0.15, 0.2) is 0 Å². The van der Waals surface area contributed by atoms with Crippen LogP contribution in [0.5, 0.6) is 5.75 Å². The third-order valence-electron chi connectivity index (χ3n) is 7.80. The summed E-state index contributed by atoms with van der Waals surface area (Å²) in [6.45, 7) is 7.07. The highest BCUT2D eigenvalue weighted by atomic mass is 16.5. The number of carbonyl (C=O) groups is 1. The average Bonchev–Trinajstić information content (AvgIpc) is 3.02. The first kappa shape index (κ1) is 32.4. The van der Waals surface area contributed by atoms with Crippen LogP contribution in [0.1, 0.15) is 37.6 Å². The zero-order chi connectivity index (χ0) is 30.8. The second-order valence-electron chi connectivity index (χ2n) is 11.1. The number of urea groups is 1. The Bertz CT molecular complexity index is 1290. The van der Waals surface area contributed by atoms with Crippen molar-refractivity contribution in [3.8, 4) is 17.0 Å². The number of benzene rings is 2. The number of methoxy groups -OCH3 is 2. The van der Waals surface area contributed by atoms with Crippen molar-refractivity contribution in [1.82, 2.24) is 20.1 Å². The highest BCUT2D eigenvalue weighted by molar-refractivity contribution is 5.89. The van der Waals surface area contributed by atoms with E-state index in [0.29, 0.717) is 31.1 Å². The molecule has 10 heteroatoms. The van der Waals surface area contributed by atoms with Gasteiger partial charge < -0.3 is 30.6 Å². The first-order chi connectivity index (χ1) is 20.8. The molecule has 2 amide bonds. The molecule has 10 nitrogen and oxygen atoms in total. The number of fused-ring (bicyclic) bond motifs is 1. The monoisotopic (exact) mass is 590 g/mol. The number of ether oxygens (including phenoxy) is 3. The van der Waals surface area contributed by atoms with Crippen LogP contribution >= 0.6 is 0 Å². The van der Waals surface area contributed by atoms with Gasteiger partial charge in [0.1, 0.15) is 18.6 Å². The Morgan fingerprint density at radius 1 is 1.09 bits per heavy atom. The number of pyridine rings is 1. The Balaban J connectivity index is 1.59. The lowest BCUT2D eigenvalue weighted by atomic mass is 10.0. The van der Waals surface area contributed by atoms with Crippen molar-refractivity contribution in [2.24, 2.45) is 11.7 Å². The lowest BCUT2D eigenvalue weighted by molar-refractivity contribution is -0.0632. The van der Waals surface area contributed by atoms with E-state index in [1.807, 2.05) is 50.4 Å². The summed E-state index contributed by atoms with van der Waals surface area (Å²) in [6.07, 6.45) is 1.78. The molecule has 1 aromatic heterocycles. The van der Waals surface area contributed by atoms with E-state index in [0.717, 1.165) is 35.3 Å². The minimum Gasteiger partial charge on any atom is -0.490 e. The lowest BCUT2D eigenvalue weighted by Crippen LogP contribution is -2.50. The summed E-state index contributed by atoms with van der Waals surface area (Å²) in [5, 5.41) is 5.76. The molecule has 4 atom stereocenters. The topological polar surface area (TPSA) is 114 Å². The molecule has 1 unspecified atom stereocenters. The van der Waals surface area contributed by atoms with Crippen LogP contribution < -0.4 is 21.1 Å². The van der Waals surface area contributed by atoms with Gasteiger partial charge >= 0.3 is 6.03 Å². The molecule has 4 N–H and O–H groups in total. The number of nitrogens with two attached hydrogens (primary N) is 1. The van der Waals surface area contributed by atoms with Gasteiger partial charge in [-0.15, -0.1) is 0 Å². The van der Waals surface area contributed by atoms with E-state index in [-0.39, 0.29) is 30.8 Å². The van der Waals surface area contributed by atoms with E-state index in [9.17, 15) is 4.79 Å². The smallest absolute Gasteiger partial charge is 0.319 e. The molecule has 0 radical (unpaired) electrons. The van der Waals surface area contributed by atoms with Crippen LogP contribution in [0.25, 0.3) is 11.3 Å². The molecule has 232 valence electrons. The Labute approximate surface area is 255 Å². The SMILES string of the molecule is CCCNC(=O)Nc1ccc2c(c1)C(OC)N(C)C[C@H](OC)[C@@H](C)CN(Cc1ccc(-c3ccccn3)cc1)[C@@H](N)CO2. The summed E-state index contributed by atoms with van der Waals surface area (Å²) in [5.41, 5.74) is 11.4. The zero-order valence-electron chi connectivity index (χ0n) is 26.0. The fraction of sp³-hybridized carbons (Fsp3) is 0.455. The van der Waals surface area contributed by atoms with Crippen molar-refractivity contribution in [3.05, 3.63) is 78.0 Å². The minimum atomic E-state index is -0.426. The maximum atomic E-state index is 12.4. The van der Waals surface area contributed by atoms with Gasteiger partial charge in [-0.25, -0.2) is 4.79 Å². The van der Waals surface area contributed by atoms with Gasteiger partial charge in [0.2, 0.25) is 0 Å². The van der Waals surface area contributed by atoms with E-state index in [1.54, 1.807) is 20.4 Å². The number of rotatable bonds is 8. The molecule has 2 aromatic carbocycles. The Morgan fingerprint density at radius 3 is 2.56 bits per heavy atom. The quantitative estimate of drug-likeness (QED) is 0.346. The Kier molecular flexibility index (Phi) is 11.9. The molecule has 0 aliphatic carbocycles. The molecule has 4 rings (SSSR count). The number of likely N-dealkylation sites (N-methyl/N-ethyl adjacent to an activating group) is 1. The predicted octanol–water partition coefficient (Wildman–Crippen LogP) is 4.69. The van der Waals surface area contributed by atoms with Crippen LogP contribution in [-0.4, -0.2) is 80.6 Å². The first-order valence-corrected chi connectivity index (χ1v) is 14.9. The normalized spacial score (nSPS) is 22.0. The summed E-state index contributed by atoms with van der Waals surface area (Å²) in [5.74, 6) is 0.814. The number of aromatic nitrogens is 1. The third-order valence-corrected chi connectivity index (χ3v) is 7.80.